The first-order valence-electron chi connectivity index (χ1n) is 9.47. The Bertz CT molecular complexity index is 989. The number of hydrogen-bond donors (Lipinski definition) is 1. The van der Waals surface area contributed by atoms with E-state index in [1.807, 2.05) is 18.2 Å². The van der Waals surface area contributed by atoms with Gasteiger partial charge in [-0.25, -0.2) is 8.42 Å². The fraction of sp³-hybridized carbons (Fsp3) is 0.429. The zero-order valence-electron chi connectivity index (χ0n) is 15.9. The van der Waals surface area contributed by atoms with E-state index in [2.05, 4.69) is 18.3 Å². The molecule has 0 aliphatic heterocycles. The predicted octanol–water partition coefficient (Wildman–Crippen LogP) is 4.08. The Balaban J connectivity index is 1.54. The van der Waals surface area contributed by atoms with Gasteiger partial charge in [0.2, 0.25) is 5.91 Å². The first-order valence-corrected chi connectivity index (χ1v) is 12.1. The van der Waals surface area contributed by atoms with E-state index in [-0.39, 0.29) is 30.3 Å². The minimum atomic E-state index is -3.25. The summed E-state index contributed by atoms with van der Waals surface area (Å²) >= 11 is 1.49. The molecule has 1 aliphatic carbocycles. The van der Waals surface area contributed by atoms with E-state index in [0.29, 0.717) is 16.5 Å². The summed E-state index contributed by atoms with van der Waals surface area (Å²) in [6.45, 7) is 2.20. The first-order chi connectivity index (χ1) is 13.4. The number of fused-ring (bicyclic) bond motifs is 1. The van der Waals surface area contributed by atoms with Crippen LogP contribution in [0.5, 0.6) is 0 Å². The third-order valence-electron chi connectivity index (χ3n) is 4.97. The van der Waals surface area contributed by atoms with Gasteiger partial charge in [0, 0.05) is 11.3 Å². The third kappa shape index (κ3) is 5.21. The molecule has 5 nitrogen and oxygen atoms in total. The van der Waals surface area contributed by atoms with E-state index in [1.54, 1.807) is 12.1 Å². The zero-order chi connectivity index (χ0) is 20.1. The van der Waals surface area contributed by atoms with Crippen molar-refractivity contribution in [3.63, 3.8) is 0 Å². The second-order valence-corrected chi connectivity index (χ2v) is 10.7. The number of sulfone groups is 1. The lowest BCUT2D eigenvalue weighted by Gasteiger charge is -2.17. The number of benzene rings is 1. The molecule has 0 fully saturated rings. The highest BCUT2D eigenvalue weighted by Crippen LogP contribution is 2.39. The second-order valence-electron chi connectivity index (χ2n) is 7.40. The Morgan fingerprint density at radius 1 is 1.32 bits per heavy atom. The average Bonchev–Trinajstić information content (AvgIpc) is 2.97. The summed E-state index contributed by atoms with van der Waals surface area (Å²) in [7, 11) is -3.25. The Kier molecular flexibility index (Phi) is 6.53. The minimum absolute atomic E-state index is 0.0101. The molecule has 7 heteroatoms. The Labute approximate surface area is 170 Å². The number of anilines is 1. The Hall–Kier alpha value is -2.17. The van der Waals surface area contributed by atoms with E-state index in [1.165, 1.54) is 16.2 Å². The summed E-state index contributed by atoms with van der Waals surface area (Å²) in [4.78, 5) is 13.5. The van der Waals surface area contributed by atoms with Gasteiger partial charge in [-0.1, -0.05) is 37.3 Å². The molecule has 0 radical (unpaired) electrons. The molecule has 1 N–H and O–H groups in total. The van der Waals surface area contributed by atoms with Gasteiger partial charge in [-0.3, -0.25) is 4.79 Å². The van der Waals surface area contributed by atoms with Crippen LogP contribution in [0.4, 0.5) is 5.00 Å². The number of nitrogens with zero attached hydrogens (tertiary/aromatic N) is 1. The normalized spacial score (nSPS) is 16.2. The van der Waals surface area contributed by atoms with Crippen molar-refractivity contribution in [3.8, 4) is 6.07 Å². The van der Waals surface area contributed by atoms with Crippen molar-refractivity contribution in [2.45, 2.75) is 44.8 Å². The zero-order valence-corrected chi connectivity index (χ0v) is 17.5. The van der Waals surface area contributed by atoms with Crippen molar-refractivity contribution in [2.24, 2.45) is 5.92 Å². The molecule has 0 saturated heterocycles. The maximum atomic E-state index is 12.3. The lowest BCUT2D eigenvalue weighted by atomic mass is 9.89. The van der Waals surface area contributed by atoms with Crippen molar-refractivity contribution < 1.29 is 13.2 Å². The van der Waals surface area contributed by atoms with Crippen LogP contribution in [0.25, 0.3) is 0 Å². The van der Waals surface area contributed by atoms with E-state index in [9.17, 15) is 18.5 Å². The minimum Gasteiger partial charge on any atom is -0.317 e. The van der Waals surface area contributed by atoms with Crippen molar-refractivity contribution in [1.82, 2.24) is 0 Å². The number of rotatable bonds is 7. The summed E-state index contributed by atoms with van der Waals surface area (Å²) in [6, 6.07) is 11.3. The van der Waals surface area contributed by atoms with Crippen LogP contribution in [0, 0.1) is 17.2 Å². The van der Waals surface area contributed by atoms with Crippen LogP contribution in [-0.2, 0) is 33.2 Å². The molecule has 0 bridgehead atoms. The van der Waals surface area contributed by atoms with Crippen molar-refractivity contribution in [1.29, 1.82) is 5.26 Å². The number of thiophene rings is 1. The molecule has 2 aromatic rings. The van der Waals surface area contributed by atoms with Gasteiger partial charge < -0.3 is 5.32 Å². The molecule has 1 aliphatic rings. The van der Waals surface area contributed by atoms with Crippen LogP contribution in [0.1, 0.15) is 47.8 Å². The molecule has 1 atom stereocenters. The molecule has 1 aromatic carbocycles. The van der Waals surface area contributed by atoms with Crippen molar-refractivity contribution in [2.75, 3.05) is 11.1 Å². The number of carbonyl (C=O) groups excluding carboxylic acids is 1. The van der Waals surface area contributed by atoms with E-state index < -0.39 is 9.84 Å². The quantitative estimate of drug-likeness (QED) is 0.737. The van der Waals surface area contributed by atoms with Gasteiger partial charge in [0.15, 0.2) is 9.84 Å². The summed E-state index contributed by atoms with van der Waals surface area (Å²) < 4.78 is 24.5. The maximum absolute atomic E-state index is 12.3. The van der Waals surface area contributed by atoms with Crippen LogP contribution in [0.2, 0.25) is 0 Å². The van der Waals surface area contributed by atoms with Gasteiger partial charge in [-0.15, -0.1) is 11.3 Å². The third-order valence-corrected chi connectivity index (χ3v) is 7.82. The molecule has 1 unspecified atom stereocenters. The highest BCUT2D eigenvalue weighted by Gasteiger charge is 2.24. The van der Waals surface area contributed by atoms with E-state index in [0.717, 1.165) is 30.4 Å². The van der Waals surface area contributed by atoms with Crippen LogP contribution in [0.15, 0.2) is 30.3 Å². The molecule has 1 aromatic heterocycles. The molecule has 3 rings (SSSR count). The number of nitriles is 1. The number of carbonyl (C=O) groups is 1. The van der Waals surface area contributed by atoms with Crippen LogP contribution < -0.4 is 5.32 Å². The fourth-order valence-corrected chi connectivity index (χ4v) is 6.31. The predicted molar refractivity (Wildman–Crippen MR) is 112 cm³/mol. The van der Waals surface area contributed by atoms with Crippen LogP contribution >= 0.6 is 11.3 Å². The monoisotopic (exact) mass is 416 g/mol. The molecule has 148 valence electrons. The van der Waals surface area contributed by atoms with E-state index >= 15 is 0 Å². The molecule has 0 spiro atoms. The highest BCUT2D eigenvalue weighted by molar-refractivity contribution is 7.90. The number of nitrogens with one attached hydrogen (secondary N) is 1. The first kappa shape index (κ1) is 20.6. The number of hydrogen-bond acceptors (Lipinski definition) is 5. The Morgan fingerprint density at radius 2 is 2.07 bits per heavy atom. The molecule has 0 saturated carbocycles. The smallest absolute Gasteiger partial charge is 0.225 e. The van der Waals surface area contributed by atoms with Gasteiger partial charge in [-0.2, -0.15) is 5.26 Å². The average molecular weight is 417 g/mol. The summed E-state index contributed by atoms with van der Waals surface area (Å²) in [5, 5.41) is 12.9. The highest BCUT2D eigenvalue weighted by atomic mass is 32.2. The van der Waals surface area contributed by atoms with Gasteiger partial charge in [-0.05, 0) is 42.7 Å². The largest absolute Gasteiger partial charge is 0.317 e. The molecule has 1 heterocycles. The molecule has 1 amide bonds. The van der Waals surface area contributed by atoms with E-state index in [4.69, 9.17) is 0 Å². The maximum Gasteiger partial charge on any atom is 0.225 e. The lowest BCUT2D eigenvalue weighted by Crippen LogP contribution is -2.15. The standard InChI is InChI=1S/C21H24N2O3S2/c1-15-9-10-17-18(13-22)21(27-19(17)12-15)23-20(24)8-5-11-28(25,26)14-16-6-3-2-4-7-16/h2-4,6-7,15H,5,8-12,14H2,1H3,(H,23,24). The van der Waals surface area contributed by atoms with Gasteiger partial charge in [0.1, 0.15) is 11.1 Å². The summed E-state index contributed by atoms with van der Waals surface area (Å²) in [6.07, 6.45) is 3.28. The van der Waals surface area contributed by atoms with Crippen molar-refractivity contribution in [3.05, 3.63) is 51.9 Å². The topological polar surface area (TPSA) is 87.0 Å². The lowest BCUT2D eigenvalue weighted by molar-refractivity contribution is -0.116. The van der Waals surface area contributed by atoms with Crippen LogP contribution in [0.3, 0.4) is 0 Å². The second kappa shape index (κ2) is 8.89. The molecular formula is C21H24N2O3S2. The number of amides is 1. The summed E-state index contributed by atoms with van der Waals surface area (Å²) in [5.41, 5.74) is 2.41. The van der Waals surface area contributed by atoms with Gasteiger partial charge in [0.05, 0.1) is 17.1 Å². The Morgan fingerprint density at radius 3 is 2.79 bits per heavy atom. The molecular weight excluding hydrogens is 392 g/mol. The van der Waals surface area contributed by atoms with Gasteiger partial charge >= 0.3 is 0 Å². The fourth-order valence-electron chi connectivity index (χ4n) is 3.50. The summed E-state index contributed by atoms with van der Waals surface area (Å²) in [5.74, 6) is 0.317. The van der Waals surface area contributed by atoms with Gasteiger partial charge in [0.25, 0.3) is 0 Å². The van der Waals surface area contributed by atoms with Crippen molar-refractivity contribution >= 4 is 32.1 Å². The van der Waals surface area contributed by atoms with Crippen LogP contribution in [-0.4, -0.2) is 20.1 Å². The molecule has 28 heavy (non-hydrogen) atoms. The SMILES string of the molecule is CC1CCc2c(sc(NC(=O)CCCS(=O)(=O)Cc3ccccc3)c2C#N)C1.